The Hall–Kier alpha value is -1.79. The molecule has 138 valence electrons. The second-order valence-electron chi connectivity index (χ2n) is 5.92. The first-order valence-electron chi connectivity index (χ1n) is 8.38. The second-order valence-corrected chi connectivity index (χ2v) is 7.82. The van der Waals surface area contributed by atoms with E-state index in [0.717, 1.165) is 15.8 Å². The maximum atomic E-state index is 12.8. The van der Waals surface area contributed by atoms with E-state index in [4.69, 9.17) is 0 Å². The Morgan fingerprint density at radius 2 is 1.73 bits per heavy atom. The van der Waals surface area contributed by atoms with Crippen molar-refractivity contribution in [3.63, 3.8) is 0 Å². The molecule has 6 heteroatoms. The summed E-state index contributed by atoms with van der Waals surface area (Å²) >= 11 is 4.98. The van der Waals surface area contributed by atoms with Gasteiger partial charge in [0.15, 0.2) is 0 Å². The molecular formula is C20H23BrN2O2S. The van der Waals surface area contributed by atoms with Crippen molar-refractivity contribution in [2.45, 2.75) is 25.3 Å². The second kappa shape index (κ2) is 10.4. The van der Waals surface area contributed by atoms with Crippen molar-refractivity contribution in [2.75, 3.05) is 12.8 Å². The Labute approximate surface area is 167 Å². The minimum absolute atomic E-state index is 0.0351. The molecule has 0 bridgehead atoms. The van der Waals surface area contributed by atoms with E-state index in [-0.39, 0.29) is 11.8 Å². The lowest BCUT2D eigenvalue weighted by atomic mass is 10.1. The fraction of sp³-hybridized carbons (Fsp3) is 0.300. The van der Waals surface area contributed by atoms with Crippen LogP contribution in [0.5, 0.6) is 0 Å². The van der Waals surface area contributed by atoms with Gasteiger partial charge in [0.2, 0.25) is 11.8 Å². The molecule has 0 saturated heterocycles. The summed E-state index contributed by atoms with van der Waals surface area (Å²) in [4.78, 5) is 26.5. The van der Waals surface area contributed by atoms with Gasteiger partial charge in [0.25, 0.3) is 0 Å². The van der Waals surface area contributed by atoms with E-state index in [0.29, 0.717) is 12.3 Å². The fourth-order valence-corrected chi connectivity index (χ4v) is 3.63. The molecule has 2 amide bonds. The van der Waals surface area contributed by atoms with Gasteiger partial charge >= 0.3 is 0 Å². The summed E-state index contributed by atoms with van der Waals surface area (Å²) < 4.78 is 1.04. The first kappa shape index (κ1) is 20.5. The molecule has 2 rings (SSSR count). The molecule has 26 heavy (non-hydrogen) atoms. The standard InChI is InChI=1S/C20H23BrN2O2S/c1-15(20(25)22-2)23(12-16-6-4-3-5-7-16)19(24)14-26-13-17-8-10-18(21)11-9-17/h3-11,15H,12-14H2,1-2H3,(H,22,25)/t15-/m1/s1. The number of nitrogens with zero attached hydrogens (tertiary/aromatic N) is 1. The zero-order chi connectivity index (χ0) is 18.9. The van der Waals surface area contributed by atoms with Crippen molar-refractivity contribution >= 4 is 39.5 Å². The van der Waals surface area contributed by atoms with Gasteiger partial charge in [-0.1, -0.05) is 58.4 Å². The molecule has 0 spiro atoms. The predicted octanol–water partition coefficient (Wildman–Crippen LogP) is 3.85. The van der Waals surface area contributed by atoms with Gasteiger partial charge in [-0.05, 0) is 30.2 Å². The molecule has 0 saturated carbocycles. The summed E-state index contributed by atoms with van der Waals surface area (Å²) in [5.74, 6) is 0.899. The lowest BCUT2D eigenvalue weighted by Crippen LogP contribution is -2.47. The van der Waals surface area contributed by atoms with Crippen LogP contribution >= 0.6 is 27.7 Å². The van der Waals surface area contributed by atoms with Crippen LogP contribution in [0.15, 0.2) is 59.1 Å². The van der Waals surface area contributed by atoms with Crippen LogP contribution in [-0.4, -0.2) is 35.6 Å². The van der Waals surface area contributed by atoms with Gasteiger partial charge in [-0.3, -0.25) is 9.59 Å². The average Bonchev–Trinajstić information content (AvgIpc) is 2.67. The highest BCUT2D eigenvalue weighted by atomic mass is 79.9. The van der Waals surface area contributed by atoms with Crippen LogP contribution in [0, 0.1) is 0 Å². The number of rotatable bonds is 8. The smallest absolute Gasteiger partial charge is 0.242 e. The minimum atomic E-state index is -0.513. The average molecular weight is 435 g/mol. The van der Waals surface area contributed by atoms with E-state index < -0.39 is 6.04 Å². The molecule has 0 aliphatic carbocycles. The number of carbonyl (C=O) groups is 2. The SMILES string of the molecule is CNC(=O)[C@@H](C)N(Cc1ccccc1)C(=O)CSCc1ccc(Br)cc1. The van der Waals surface area contributed by atoms with Crippen LogP contribution in [0.25, 0.3) is 0 Å². The molecule has 0 fully saturated rings. The Bertz CT molecular complexity index is 722. The Morgan fingerprint density at radius 1 is 1.08 bits per heavy atom. The summed E-state index contributed by atoms with van der Waals surface area (Å²) in [5.41, 5.74) is 2.18. The number of carbonyl (C=O) groups excluding carboxylic acids is 2. The molecule has 2 aromatic carbocycles. The molecule has 2 aromatic rings. The largest absolute Gasteiger partial charge is 0.357 e. The number of benzene rings is 2. The van der Waals surface area contributed by atoms with E-state index in [9.17, 15) is 9.59 Å². The lowest BCUT2D eigenvalue weighted by molar-refractivity contribution is -0.138. The van der Waals surface area contributed by atoms with E-state index in [1.54, 1.807) is 30.6 Å². The van der Waals surface area contributed by atoms with Crippen molar-refractivity contribution in [3.8, 4) is 0 Å². The van der Waals surface area contributed by atoms with Gasteiger partial charge in [-0.25, -0.2) is 0 Å². The van der Waals surface area contributed by atoms with Crippen LogP contribution in [0.2, 0.25) is 0 Å². The normalized spacial score (nSPS) is 11.7. The maximum absolute atomic E-state index is 12.8. The van der Waals surface area contributed by atoms with Crippen LogP contribution in [0.3, 0.4) is 0 Å². The van der Waals surface area contributed by atoms with Gasteiger partial charge in [0.1, 0.15) is 6.04 Å². The maximum Gasteiger partial charge on any atom is 0.242 e. The third kappa shape index (κ3) is 6.18. The Balaban J connectivity index is 1.99. The molecule has 1 atom stereocenters. The summed E-state index contributed by atoms with van der Waals surface area (Å²) in [6.07, 6.45) is 0. The summed E-state index contributed by atoms with van der Waals surface area (Å²) in [5, 5.41) is 2.63. The molecule has 0 radical (unpaired) electrons. The molecule has 0 heterocycles. The molecular weight excluding hydrogens is 412 g/mol. The van der Waals surface area contributed by atoms with E-state index in [2.05, 4.69) is 21.2 Å². The number of hydrogen-bond donors (Lipinski definition) is 1. The molecule has 1 N–H and O–H groups in total. The molecule has 0 unspecified atom stereocenters. The zero-order valence-corrected chi connectivity index (χ0v) is 17.3. The monoisotopic (exact) mass is 434 g/mol. The van der Waals surface area contributed by atoms with Crippen molar-refractivity contribution in [2.24, 2.45) is 0 Å². The number of nitrogens with one attached hydrogen (secondary N) is 1. The van der Waals surface area contributed by atoms with E-state index >= 15 is 0 Å². The summed E-state index contributed by atoms with van der Waals surface area (Å²) in [6.45, 7) is 2.19. The molecule has 4 nitrogen and oxygen atoms in total. The van der Waals surface area contributed by atoms with Crippen LogP contribution in [0.4, 0.5) is 0 Å². The Kier molecular flexibility index (Phi) is 8.19. The van der Waals surface area contributed by atoms with Gasteiger partial charge < -0.3 is 10.2 Å². The number of amides is 2. The number of thioether (sulfide) groups is 1. The molecule has 0 aliphatic rings. The Morgan fingerprint density at radius 3 is 2.35 bits per heavy atom. The first-order chi connectivity index (χ1) is 12.5. The van der Waals surface area contributed by atoms with Crippen molar-refractivity contribution in [1.29, 1.82) is 0 Å². The zero-order valence-electron chi connectivity index (χ0n) is 14.9. The van der Waals surface area contributed by atoms with Gasteiger partial charge in [-0.15, -0.1) is 11.8 Å². The number of likely N-dealkylation sites (N-methyl/N-ethyl adjacent to an activating group) is 1. The third-order valence-electron chi connectivity index (χ3n) is 4.02. The molecule has 0 aromatic heterocycles. The predicted molar refractivity (Wildman–Crippen MR) is 111 cm³/mol. The van der Waals surface area contributed by atoms with E-state index in [1.807, 2.05) is 54.6 Å². The van der Waals surface area contributed by atoms with Crippen LogP contribution in [0.1, 0.15) is 18.1 Å². The topological polar surface area (TPSA) is 49.4 Å². The minimum Gasteiger partial charge on any atom is -0.357 e. The quantitative estimate of drug-likeness (QED) is 0.686. The highest BCUT2D eigenvalue weighted by Gasteiger charge is 2.25. The highest BCUT2D eigenvalue weighted by Crippen LogP contribution is 2.18. The third-order valence-corrected chi connectivity index (χ3v) is 5.53. The first-order valence-corrected chi connectivity index (χ1v) is 10.3. The molecule has 0 aliphatic heterocycles. The van der Waals surface area contributed by atoms with Gasteiger partial charge in [-0.2, -0.15) is 0 Å². The van der Waals surface area contributed by atoms with Crippen LogP contribution in [-0.2, 0) is 21.9 Å². The highest BCUT2D eigenvalue weighted by molar-refractivity contribution is 9.10. The van der Waals surface area contributed by atoms with Crippen molar-refractivity contribution in [1.82, 2.24) is 10.2 Å². The number of hydrogen-bond acceptors (Lipinski definition) is 3. The summed E-state index contributed by atoms with van der Waals surface area (Å²) in [6, 6.07) is 17.3. The van der Waals surface area contributed by atoms with Crippen molar-refractivity contribution in [3.05, 3.63) is 70.2 Å². The van der Waals surface area contributed by atoms with Crippen LogP contribution < -0.4 is 5.32 Å². The van der Waals surface area contributed by atoms with Gasteiger partial charge in [0.05, 0.1) is 5.75 Å². The van der Waals surface area contributed by atoms with Crippen molar-refractivity contribution < 1.29 is 9.59 Å². The van der Waals surface area contributed by atoms with E-state index in [1.165, 1.54) is 5.56 Å². The summed E-state index contributed by atoms with van der Waals surface area (Å²) in [7, 11) is 1.59. The number of halogens is 1. The van der Waals surface area contributed by atoms with Gasteiger partial charge in [0, 0.05) is 23.8 Å². The fourth-order valence-electron chi connectivity index (χ4n) is 2.49. The lowest BCUT2D eigenvalue weighted by Gasteiger charge is -2.28.